The molecule has 9 nitrogen and oxygen atoms in total. The maximum absolute atomic E-state index is 15.5. The lowest BCUT2D eigenvalue weighted by atomic mass is 10.1. The van der Waals surface area contributed by atoms with E-state index < -0.39 is 17.7 Å². The molecule has 1 saturated carbocycles. The Hall–Kier alpha value is -3.86. The molecule has 3 aromatic rings. The fourth-order valence-corrected chi connectivity index (χ4v) is 5.03. The smallest absolute Gasteiger partial charge is 0.327 e. The van der Waals surface area contributed by atoms with Gasteiger partial charge in [-0.3, -0.25) is 14.6 Å². The van der Waals surface area contributed by atoms with Crippen LogP contribution >= 0.6 is 0 Å². The van der Waals surface area contributed by atoms with Crippen molar-refractivity contribution in [3.8, 4) is 0 Å². The molecule has 192 valence electrons. The van der Waals surface area contributed by atoms with Crippen LogP contribution in [0.25, 0.3) is 10.9 Å². The Labute approximate surface area is 212 Å². The van der Waals surface area contributed by atoms with Gasteiger partial charge in [0.25, 0.3) is 5.91 Å². The fraction of sp³-hybridized carbons (Fsp3) is 0.385. The zero-order valence-electron chi connectivity index (χ0n) is 20.4. The Morgan fingerprint density at radius 1 is 1.14 bits per heavy atom. The minimum Gasteiger partial charge on any atom is -0.367 e. The van der Waals surface area contributed by atoms with Gasteiger partial charge in [-0.25, -0.2) is 23.5 Å². The summed E-state index contributed by atoms with van der Waals surface area (Å²) in [7, 11) is 0. The number of anilines is 3. The lowest BCUT2D eigenvalue weighted by Crippen LogP contribution is -2.46. The number of carbonyl (C=O) groups is 2. The van der Waals surface area contributed by atoms with Gasteiger partial charge < -0.3 is 15.5 Å². The average molecular weight is 508 g/mol. The van der Waals surface area contributed by atoms with Gasteiger partial charge >= 0.3 is 6.03 Å². The molecule has 0 unspecified atom stereocenters. The number of hydrogen-bond acceptors (Lipinski definition) is 6. The van der Waals surface area contributed by atoms with Gasteiger partial charge in [0, 0.05) is 56.4 Å². The van der Waals surface area contributed by atoms with Crippen LogP contribution < -0.4 is 20.4 Å². The van der Waals surface area contributed by atoms with Crippen LogP contribution in [0.1, 0.15) is 35.7 Å². The Morgan fingerprint density at radius 2 is 1.92 bits per heavy atom. The second-order valence-electron chi connectivity index (χ2n) is 9.67. The highest BCUT2D eigenvalue weighted by Crippen LogP contribution is 2.38. The molecule has 0 atom stereocenters. The summed E-state index contributed by atoms with van der Waals surface area (Å²) >= 11 is 0. The first-order chi connectivity index (χ1) is 17.9. The van der Waals surface area contributed by atoms with Crippen molar-refractivity contribution in [3.63, 3.8) is 0 Å². The van der Waals surface area contributed by atoms with E-state index in [1.165, 1.54) is 17.3 Å². The third kappa shape index (κ3) is 4.33. The predicted octanol–water partition coefficient (Wildman–Crippen LogP) is 3.49. The van der Waals surface area contributed by atoms with Crippen LogP contribution in [0, 0.1) is 11.6 Å². The number of urea groups is 1. The minimum absolute atomic E-state index is 0.115. The van der Waals surface area contributed by atoms with E-state index >= 15 is 4.39 Å². The first-order valence-corrected chi connectivity index (χ1v) is 12.5. The highest BCUT2D eigenvalue weighted by Gasteiger charge is 2.31. The summed E-state index contributed by atoms with van der Waals surface area (Å²) in [6, 6.07) is 6.11. The molecule has 2 N–H and O–H groups in total. The summed E-state index contributed by atoms with van der Waals surface area (Å²) in [5, 5.41) is 6.04. The normalized spacial score (nSPS) is 17.8. The number of carbonyl (C=O) groups excluding carboxylic acids is 2. The van der Waals surface area contributed by atoms with Crippen molar-refractivity contribution < 1.29 is 18.4 Å². The third-order valence-corrected chi connectivity index (χ3v) is 7.20. The number of nitrogens with zero attached hydrogens (tertiary/aromatic N) is 5. The number of rotatable bonds is 6. The maximum atomic E-state index is 15.5. The van der Waals surface area contributed by atoms with Gasteiger partial charge in [-0.1, -0.05) is 0 Å². The molecule has 3 amide bonds. The average Bonchev–Trinajstić information content (AvgIpc) is 3.71. The number of piperazine rings is 1. The lowest BCUT2D eigenvalue weighted by molar-refractivity contribution is 0.0950. The van der Waals surface area contributed by atoms with Crippen molar-refractivity contribution in [2.75, 3.05) is 47.8 Å². The molecule has 3 heterocycles. The molecule has 11 heteroatoms. The SMILES string of the molecule is CCN1C(=O)Nc2c(F)c(CN3CCN(c4ccc(C(=O)NC5CC5)cc4F)CC3)cc3ncnc1c23. The van der Waals surface area contributed by atoms with Crippen LogP contribution in [0.15, 0.2) is 30.6 Å². The predicted molar refractivity (Wildman–Crippen MR) is 136 cm³/mol. The highest BCUT2D eigenvalue weighted by molar-refractivity contribution is 6.17. The molecular weight excluding hydrogens is 480 g/mol. The van der Waals surface area contributed by atoms with Crippen molar-refractivity contribution >= 4 is 40.0 Å². The first-order valence-electron chi connectivity index (χ1n) is 12.5. The molecule has 2 aliphatic heterocycles. The fourth-order valence-electron chi connectivity index (χ4n) is 5.03. The molecule has 0 bridgehead atoms. The molecule has 6 rings (SSSR count). The van der Waals surface area contributed by atoms with Gasteiger partial charge in [0.1, 0.15) is 18.0 Å². The summed E-state index contributed by atoms with van der Waals surface area (Å²) in [5.74, 6) is -0.751. The van der Waals surface area contributed by atoms with Gasteiger partial charge in [-0.15, -0.1) is 0 Å². The summed E-state index contributed by atoms with van der Waals surface area (Å²) in [6.07, 6.45) is 3.34. The number of amides is 3. The van der Waals surface area contributed by atoms with Gasteiger partial charge in [0.2, 0.25) is 0 Å². The van der Waals surface area contributed by atoms with E-state index in [-0.39, 0.29) is 17.6 Å². The highest BCUT2D eigenvalue weighted by atomic mass is 19.1. The van der Waals surface area contributed by atoms with Crippen LogP contribution in [-0.2, 0) is 6.54 Å². The maximum Gasteiger partial charge on any atom is 0.327 e. The molecular formula is C26H27F2N7O2. The largest absolute Gasteiger partial charge is 0.367 e. The number of benzene rings is 2. The van der Waals surface area contributed by atoms with Crippen LogP contribution in [0.3, 0.4) is 0 Å². The van der Waals surface area contributed by atoms with Crippen LogP contribution in [0.4, 0.5) is 30.8 Å². The molecule has 37 heavy (non-hydrogen) atoms. The number of halogens is 2. The van der Waals surface area contributed by atoms with Crippen molar-refractivity contribution in [2.24, 2.45) is 0 Å². The third-order valence-electron chi connectivity index (χ3n) is 7.20. The van der Waals surface area contributed by atoms with Crippen LogP contribution in [-0.4, -0.2) is 65.6 Å². The Balaban J connectivity index is 1.16. The molecule has 2 fully saturated rings. The standard InChI is InChI=1S/C26H27F2N7O2/c1-2-35-24-21-19(29-14-30-24)12-16(22(28)23(21)32-26(35)37)13-33-7-9-34(10-8-33)20-6-3-15(11-18(20)27)25(36)31-17-4-5-17/h3,6,11-12,14,17H,2,4-5,7-10,13H2,1H3,(H,31,36)(H,32,37). The van der Waals surface area contributed by atoms with E-state index in [0.717, 1.165) is 12.8 Å². The molecule has 1 aliphatic carbocycles. The molecule has 0 radical (unpaired) electrons. The molecule has 0 spiro atoms. The number of nitrogens with one attached hydrogen (secondary N) is 2. The van der Waals surface area contributed by atoms with E-state index in [4.69, 9.17) is 0 Å². The molecule has 3 aliphatic rings. The molecule has 2 aromatic carbocycles. The van der Waals surface area contributed by atoms with Gasteiger partial charge in [0.05, 0.1) is 22.3 Å². The lowest BCUT2D eigenvalue weighted by Gasteiger charge is -2.36. The van der Waals surface area contributed by atoms with Gasteiger partial charge in [-0.2, -0.15) is 0 Å². The van der Waals surface area contributed by atoms with Crippen molar-refractivity contribution in [3.05, 3.63) is 53.4 Å². The minimum atomic E-state index is -0.485. The van der Waals surface area contributed by atoms with E-state index in [0.29, 0.717) is 72.8 Å². The summed E-state index contributed by atoms with van der Waals surface area (Å²) in [5.41, 5.74) is 1.90. The Kier molecular flexibility index (Phi) is 5.86. The Morgan fingerprint density at radius 3 is 2.62 bits per heavy atom. The van der Waals surface area contributed by atoms with Crippen LogP contribution in [0.5, 0.6) is 0 Å². The second-order valence-corrected chi connectivity index (χ2v) is 9.67. The monoisotopic (exact) mass is 507 g/mol. The topological polar surface area (TPSA) is 93.7 Å². The quantitative estimate of drug-likeness (QED) is 0.531. The summed E-state index contributed by atoms with van der Waals surface area (Å²) in [6.45, 7) is 4.87. The van der Waals surface area contributed by atoms with Crippen molar-refractivity contribution in [2.45, 2.75) is 32.4 Å². The second kappa shape index (κ2) is 9.22. The summed E-state index contributed by atoms with van der Waals surface area (Å²) in [4.78, 5) is 38.8. The van der Waals surface area contributed by atoms with Crippen molar-refractivity contribution in [1.82, 2.24) is 20.2 Å². The molecule has 1 aromatic heterocycles. The number of hydrogen-bond donors (Lipinski definition) is 2. The van der Waals surface area contributed by atoms with E-state index in [1.807, 2.05) is 11.8 Å². The summed E-state index contributed by atoms with van der Waals surface area (Å²) < 4.78 is 30.4. The molecule has 1 saturated heterocycles. The van der Waals surface area contributed by atoms with E-state index in [9.17, 15) is 14.0 Å². The van der Waals surface area contributed by atoms with Crippen LogP contribution in [0.2, 0.25) is 0 Å². The van der Waals surface area contributed by atoms with E-state index in [1.54, 1.807) is 18.2 Å². The van der Waals surface area contributed by atoms with E-state index in [2.05, 4.69) is 25.5 Å². The number of aromatic nitrogens is 2. The van der Waals surface area contributed by atoms with Crippen molar-refractivity contribution in [1.29, 1.82) is 0 Å². The Bertz CT molecular complexity index is 1400. The van der Waals surface area contributed by atoms with Gasteiger partial charge in [-0.05, 0) is 44.0 Å². The van der Waals surface area contributed by atoms with Gasteiger partial charge in [0.15, 0.2) is 5.82 Å². The first kappa shape index (κ1) is 23.5. The zero-order valence-corrected chi connectivity index (χ0v) is 20.4. The zero-order chi connectivity index (χ0) is 25.7.